The van der Waals surface area contributed by atoms with Crippen molar-refractivity contribution in [3.05, 3.63) is 109 Å². The number of hydrogen-bond donors (Lipinski definition) is 4. The van der Waals surface area contributed by atoms with Crippen LogP contribution in [0.5, 0.6) is 5.75 Å². The number of aromatic hydroxyl groups is 1. The summed E-state index contributed by atoms with van der Waals surface area (Å²) in [6, 6.07) is 24.4. The lowest BCUT2D eigenvalue weighted by Gasteiger charge is -2.06. The molecule has 9 aromatic rings. The Bertz CT molecular complexity index is 2540. The highest BCUT2D eigenvalue weighted by atomic mass is 16.3. The van der Waals surface area contributed by atoms with Crippen LogP contribution in [0.4, 0.5) is 17.8 Å². The van der Waals surface area contributed by atoms with Crippen LogP contribution in [-0.2, 0) is 19.4 Å². The number of aryl methyl sites for hydroxylation is 2. The molecule has 0 aliphatic rings. The summed E-state index contributed by atoms with van der Waals surface area (Å²) in [7, 11) is 0. The van der Waals surface area contributed by atoms with E-state index in [-0.39, 0.29) is 17.6 Å². The number of aromatic nitrogens is 12. The van der Waals surface area contributed by atoms with Gasteiger partial charge in [-0.05, 0) is 60.4 Å². The molecule has 18 heteroatoms. The monoisotopic (exact) mass is 684 g/mol. The van der Waals surface area contributed by atoms with Crippen LogP contribution in [-0.4, -0.2) is 65.6 Å². The van der Waals surface area contributed by atoms with Crippen molar-refractivity contribution in [3.63, 3.8) is 0 Å². The minimum Gasteiger partial charge on any atom is -0.508 e. The van der Waals surface area contributed by atoms with Crippen molar-refractivity contribution in [1.29, 1.82) is 0 Å². The van der Waals surface area contributed by atoms with Crippen LogP contribution in [0.2, 0.25) is 0 Å². The third-order valence-corrected chi connectivity index (χ3v) is 7.79. The fraction of sp³-hybridized carbons (Fsp3) is 0.121. The van der Waals surface area contributed by atoms with Gasteiger partial charge in [0.15, 0.2) is 11.5 Å². The number of fused-ring (bicyclic) bond motifs is 4. The second kappa shape index (κ2) is 13.3. The number of anilines is 3. The predicted octanol–water partition coefficient (Wildman–Crippen LogP) is 2.87. The zero-order chi connectivity index (χ0) is 34.7. The first-order chi connectivity index (χ1) is 25.0. The average Bonchev–Trinajstić information content (AvgIpc) is 3.98. The predicted molar refractivity (Wildman–Crippen MR) is 183 cm³/mol. The Morgan fingerprint density at radius 3 is 2.10 bits per heavy atom. The van der Waals surface area contributed by atoms with E-state index in [4.69, 9.17) is 20.3 Å². The molecule has 0 aliphatic carbocycles. The van der Waals surface area contributed by atoms with Crippen LogP contribution in [0, 0.1) is 0 Å². The molecule has 51 heavy (non-hydrogen) atoms. The molecule has 0 saturated carbocycles. The Balaban J connectivity index is 0.000000147. The second-order valence-electron chi connectivity index (χ2n) is 11.2. The van der Waals surface area contributed by atoms with Gasteiger partial charge in [-0.2, -0.15) is 28.5 Å². The van der Waals surface area contributed by atoms with E-state index < -0.39 is 0 Å². The highest BCUT2D eigenvalue weighted by Gasteiger charge is 2.23. The number of furan rings is 2. The minimum atomic E-state index is 0.183. The maximum atomic E-state index is 9.29. The Hall–Kier alpha value is -7.37. The van der Waals surface area contributed by atoms with Crippen molar-refractivity contribution in [1.82, 2.24) is 53.9 Å². The van der Waals surface area contributed by atoms with E-state index in [1.807, 2.05) is 35.0 Å². The fourth-order valence-electron chi connectivity index (χ4n) is 5.28. The van der Waals surface area contributed by atoms with E-state index in [0.717, 1.165) is 18.4 Å². The molecule has 0 unspecified atom stereocenters. The topological polar surface area (TPSA) is 232 Å². The molecule has 0 amide bonds. The lowest BCUT2D eigenvalue weighted by Crippen LogP contribution is -2.27. The Morgan fingerprint density at radius 1 is 0.686 bits per heavy atom. The number of rotatable bonds is 9. The van der Waals surface area contributed by atoms with E-state index in [1.165, 1.54) is 14.6 Å². The van der Waals surface area contributed by atoms with Crippen molar-refractivity contribution < 1.29 is 18.3 Å². The average molecular weight is 685 g/mol. The van der Waals surface area contributed by atoms with Crippen molar-refractivity contribution >= 4 is 35.2 Å². The number of benzene rings is 2. The van der Waals surface area contributed by atoms with Gasteiger partial charge in [-0.3, -0.25) is 0 Å². The van der Waals surface area contributed by atoms with Crippen molar-refractivity contribution in [2.45, 2.75) is 19.4 Å². The molecule has 7 aromatic heterocycles. The van der Waals surface area contributed by atoms with Crippen LogP contribution < -0.4 is 21.2 Å². The van der Waals surface area contributed by atoms with Gasteiger partial charge in [0, 0.05) is 6.54 Å². The number of phenols is 1. The molecule has 0 bridgehead atoms. The Labute approximate surface area is 287 Å². The summed E-state index contributed by atoms with van der Waals surface area (Å²) < 4.78 is 17.1. The van der Waals surface area contributed by atoms with Crippen LogP contribution in [0.3, 0.4) is 0 Å². The maximum absolute atomic E-state index is 9.29. The lowest BCUT2D eigenvalue weighted by atomic mass is 10.1. The van der Waals surface area contributed by atoms with Gasteiger partial charge < -0.3 is 30.7 Å². The number of hydrogen-bond acceptors (Lipinski definition) is 14. The summed E-state index contributed by atoms with van der Waals surface area (Å²) in [6.45, 7) is 1.29. The third-order valence-electron chi connectivity index (χ3n) is 7.79. The first kappa shape index (κ1) is 30.9. The summed E-state index contributed by atoms with van der Waals surface area (Å²) in [4.78, 5) is 21.8. The van der Waals surface area contributed by atoms with Gasteiger partial charge in [-0.15, -0.1) is 14.6 Å². The molecule has 0 fully saturated rings. The van der Waals surface area contributed by atoms with E-state index in [2.05, 4.69) is 57.7 Å². The molecule has 0 atom stereocenters. The van der Waals surface area contributed by atoms with Gasteiger partial charge in [-0.1, -0.05) is 57.6 Å². The van der Waals surface area contributed by atoms with Gasteiger partial charge in [0.1, 0.15) is 5.75 Å². The van der Waals surface area contributed by atoms with Gasteiger partial charge in [-0.25, -0.2) is 0 Å². The highest BCUT2D eigenvalue weighted by molar-refractivity contribution is 5.53. The molecule has 2 aromatic carbocycles. The smallest absolute Gasteiger partial charge is 0.344 e. The quantitative estimate of drug-likeness (QED) is 0.160. The van der Waals surface area contributed by atoms with Gasteiger partial charge in [0.2, 0.25) is 24.0 Å². The number of nitrogens with zero attached hydrogens (tertiary/aromatic N) is 12. The summed E-state index contributed by atoms with van der Waals surface area (Å²) in [5.74, 6) is 4.48. The van der Waals surface area contributed by atoms with Crippen molar-refractivity contribution in [3.8, 4) is 28.9 Å². The molecule has 0 aliphatic heterocycles. The highest BCUT2D eigenvalue weighted by Crippen LogP contribution is 2.19. The van der Waals surface area contributed by atoms with Crippen LogP contribution in [0.15, 0.2) is 107 Å². The maximum Gasteiger partial charge on any atom is 0.344 e. The van der Waals surface area contributed by atoms with Crippen molar-refractivity contribution in [2.24, 2.45) is 0 Å². The van der Waals surface area contributed by atoms with E-state index in [1.54, 1.807) is 59.7 Å². The van der Waals surface area contributed by atoms with Crippen molar-refractivity contribution in [2.75, 3.05) is 23.3 Å². The second-order valence-corrected chi connectivity index (χ2v) is 11.2. The summed E-state index contributed by atoms with van der Waals surface area (Å²) in [5, 5.41) is 25.5. The molecule has 254 valence electrons. The zero-order valence-electron chi connectivity index (χ0n) is 26.9. The van der Waals surface area contributed by atoms with Gasteiger partial charge >= 0.3 is 11.6 Å². The molecular weight excluding hydrogens is 654 g/mol. The molecule has 6 N–H and O–H groups in total. The largest absolute Gasteiger partial charge is 0.508 e. The standard InChI is InChI=1S/C17H14N8O.C16H15N7O2/c18-15-21-16-23(11-19-24(16)9-8-12-5-2-1-3-6-12)17-20-14(22-25(15)17)13-7-4-10-26-13;17-14-20-15(18-8-7-10-3-5-11(24)6-4-10)21-16-19-13(22-23(14)16)12-2-1-9-25-12/h1-7,10-11,18H,8-9H2;1-6,9,24H,7-8H2,(H3,17,18,19,20,21,22)/p+1. The minimum absolute atomic E-state index is 0.183. The SMILES string of the molecule is Nc1nc(NCCc2ccc(O)cc2)nc2nc(-c3ccco3)nn12.Nc1nc2n(CCc3ccccc3)nc[n+]2c2nc(-c3ccco3)nn12. The summed E-state index contributed by atoms with van der Waals surface area (Å²) in [5.41, 5.74) is 14.3. The molecule has 0 saturated heterocycles. The third kappa shape index (κ3) is 6.43. The van der Waals surface area contributed by atoms with E-state index >= 15 is 0 Å². The molecule has 0 radical (unpaired) electrons. The normalized spacial score (nSPS) is 11.3. The Morgan fingerprint density at radius 2 is 1.37 bits per heavy atom. The number of nitrogens with one attached hydrogen (secondary N) is 1. The van der Waals surface area contributed by atoms with Crippen LogP contribution in [0.25, 0.3) is 40.5 Å². The summed E-state index contributed by atoms with van der Waals surface area (Å²) in [6.07, 6.45) is 6.39. The first-order valence-corrected chi connectivity index (χ1v) is 15.8. The number of nitrogen functional groups attached to an aromatic ring is 2. The molecular formula is C33H30N15O3+. The Kier molecular flexibility index (Phi) is 8.05. The van der Waals surface area contributed by atoms with E-state index in [9.17, 15) is 5.11 Å². The fourth-order valence-corrected chi connectivity index (χ4v) is 5.28. The van der Waals surface area contributed by atoms with Gasteiger partial charge in [0.05, 0.1) is 19.1 Å². The van der Waals surface area contributed by atoms with Crippen LogP contribution >= 0.6 is 0 Å². The number of nitrogens with two attached hydrogens (primary N) is 2. The van der Waals surface area contributed by atoms with Crippen LogP contribution in [0.1, 0.15) is 11.1 Å². The molecule has 0 spiro atoms. The van der Waals surface area contributed by atoms with Gasteiger partial charge in [0.25, 0.3) is 17.6 Å². The first-order valence-electron chi connectivity index (χ1n) is 15.8. The molecule has 7 heterocycles. The number of phenolic OH excluding ortho intramolecular Hbond substituents is 1. The lowest BCUT2D eigenvalue weighted by molar-refractivity contribution is -0.492. The molecule has 9 rings (SSSR count). The molecule has 18 nitrogen and oxygen atoms in total. The zero-order valence-corrected chi connectivity index (χ0v) is 26.9. The van der Waals surface area contributed by atoms with E-state index in [0.29, 0.717) is 59.5 Å². The summed E-state index contributed by atoms with van der Waals surface area (Å²) >= 11 is 0.